The Morgan fingerprint density at radius 3 is 1.45 bits per heavy atom. The molecule has 0 aliphatic heterocycles. The lowest BCUT2D eigenvalue weighted by Crippen LogP contribution is -2.26. The number of benzene rings is 3. The molecule has 0 aromatic heterocycles. The zero-order valence-corrected chi connectivity index (χ0v) is 23.1. The predicted octanol–water partition coefficient (Wildman–Crippen LogP) is 8.62. The number of rotatable bonds is 4. The molecule has 0 aliphatic carbocycles. The van der Waals surface area contributed by atoms with Crippen LogP contribution in [0.4, 0.5) is 0 Å². The SMILES string of the molecule is Cc1cc(C)cc(C(c2cc(C)cc(C)c2)P(c2cccc(C(C)(C)C)c2O)C(C)(C)C)c1. The summed E-state index contributed by atoms with van der Waals surface area (Å²) in [5, 5.41) is 12.7. The molecule has 0 saturated carbocycles. The Morgan fingerprint density at radius 2 is 1.09 bits per heavy atom. The molecule has 1 nitrogen and oxygen atoms in total. The molecule has 0 bridgehead atoms. The van der Waals surface area contributed by atoms with E-state index in [1.54, 1.807) is 0 Å². The van der Waals surface area contributed by atoms with Gasteiger partial charge in [-0.25, -0.2) is 0 Å². The van der Waals surface area contributed by atoms with E-state index in [-0.39, 0.29) is 16.2 Å². The molecule has 176 valence electrons. The topological polar surface area (TPSA) is 20.2 Å². The van der Waals surface area contributed by atoms with Gasteiger partial charge in [0, 0.05) is 11.0 Å². The van der Waals surface area contributed by atoms with Gasteiger partial charge in [-0.2, -0.15) is 0 Å². The van der Waals surface area contributed by atoms with Crippen LogP contribution in [0.25, 0.3) is 0 Å². The number of aryl methyl sites for hydroxylation is 4. The van der Waals surface area contributed by atoms with Gasteiger partial charge in [-0.15, -0.1) is 0 Å². The van der Waals surface area contributed by atoms with Gasteiger partial charge in [-0.3, -0.25) is 0 Å². The Morgan fingerprint density at radius 1 is 0.667 bits per heavy atom. The van der Waals surface area contributed by atoms with E-state index in [4.69, 9.17) is 0 Å². The Hall–Kier alpha value is -2.11. The minimum absolute atomic E-state index is 0.0106. The van der Waals surface area contributed by atoms with Crippen molar-refractivity contribution in [2.45, 2.75) is 85.5 Å². The van der Waals surface area contributed by atoms with Gasteiger partial charge in [0.15, 0.2) is 0 Å². The van der Waals surface area contributed by atoms with Gasteiger partial charge in [0.05, 0.1) is 0 Å². The van der Waals surface area contributed by atoms with Crippen molar-refractivity contribution < 1.29 is 5.11 Å². The second-order valence-corrected chi connectivity index (χ2v) is 14.8. The molecule has 3 aromatic carbocycles. The van der Waals surface area contributed by atoms with E-state index >= 15 is 0 Å². The third-order valence-electron chi connectivity index (χ3n) is 6.18. The van der Waals surface area contributed by atoms with Gasteiger partial charge in [0.25, 0.3) is 0 Å². The lowest BCUT2D eigenvalue weighted by molar-refractivity contribution is 0.450. The molecule has 0 fully saturated rings. The van der Waals surface area contributed by atoms with Crippen LogP contribution in [-0.2, 0) is 5.41 Å². The monoisotopic (exact) mass is 460 g/mol. The van der Waals surface area contributed by atoms with Crippen LogP contribution >= 0.6 is 7.92 Å². The molecular formula is C31H41OP. The van der Waals surface area contributed by atoms with Gasteiger partial charge in [-0.05, 0) is 55.0 Å². The van der Waals surface area contributed by atoms with Crippen LogP contribution in [0.15, 0.2) is 54.6 Å². The Balaban J connectivity index is 2.38. The van der Waals surface area contributed by atoms with Crippen LogP contribution in [0.2, 0.25) is 0 Å². The first-order valence-corrected chi connectivity index (χ1v) is 13.4. The fraction of sp³-hybridized carbons (Fsp3) is 0.419. The van der Waals surface area contributed by atoms with Gasteiger partial charge < -0.3 is 5.11 Å². The highest BCUT2D eigenvalue weighted by molar-refractivity contribution is 7.67. The van der Waals surface area contributed by atoms with Crippen LogP contribution < -0.4 is 5.30 Å². The first kappa shape index (κ1) is 25.5. The lowest BCUT2D eigenvalue weighted by Gasteiger charge is -2.40. The van der Waals surface area contributed by atoms with Crippen molar-refractivity contribution in [3.63, 3.8) is 0 Å². The standard InChI is InChI=1S/C31H41OP/c1-20-14-21(2)17-24(16-20)29(25-18-22(3)15-23(4)19-25)33(31(8,9)10)27-13-11-12-26(28(27)32)30(5,6)7/h11-19,29,32H,1-10H3. The molecule has 33 heavy (non-hydrogen) atoms. The molecule has 1 N–H and O–H groups in total. The second-order valence-electron chi connectivity index (χ2n) is 11.7. The Labute approximate surface area is 203 Å². The summed E-state index contributed by atoms with van der Waals surface area (Å²) in [5.74, 6) is 0.477. The van der Waals surface area contributed by atoms with Crippen molar-refractivity contribution in [2.75, 3.05) is 0 Å². The summed E-state index contributed by atoms with van der Waals surface area (Å²) in [5.41, 5.74) is 8.94. The molecule has 1 atom stereocenters. The molecule has 0 spiro atoms. The van der Waals surface area contributed by atoms with E-state index in [0.29, 0.717) is 5.75 Å². The fourth-order valence-corrected chi connectivity index (χ4v) is 8.31. The first-order chi connectivity index (χ1) is 15.2. The Kier molecular flexibility index (Phi) is 7.16. The van der Waals surface area contributed by atoms with Crippen LogP contribution in [0, 0.1) is 27.7 Å². The normalized spacial score (nSPS) is 13.4. The summed E-state index contributed by atoms with van der Waals surface area (Å²) in [4.78, 5) is 0. The highest BCUT2D eigenvalue weighted by Crippen LogP contribution is 2.63. The van der Waals surface area contributed by atoms with Crippen molar-refractivity contribution in [1.82, 2.24) is 0 Å². The number of phenolic OH excluding ortho intramolecular Hbond substituents is 1. The summed E-state index contributed by atoms with van der Waals surface area (Å²) in [6, 6.07) is 20.3. The van der Waals surface area contributed by atoms with Crippen LogP contribution in [-0.4, -0.2) is 10.3 Å². The van der Waals surface area contributed by atoms with E-state index in [1.165, 1.54) is 33.4 Å². The number of hydrogen-bond acceptors (Lipinski definition) is 1. The lowest BCUT2D eigenvalue weighted by atomic mass is 9.86. The zero-order chi connectivity index (χ0) is 24.7. The van der Waals surface area contributed by atoms with Crippen molar-refractivity contribution >= 4 is 13.2 Å². The average molecular weight is 461 g/mol. The van der Waals surface area contributed by atoms with Crippen molar-refractivity contribution in [3.05, 3.63) is 93.5 Å². The molecule has 1 unspecified atom stereocenters. The fourth-order valence-electron chi connectivity index (χ4n) is 5.04. The van der Waals surface area contributed by atoms with E-state index in [0.717, 1.165) is 10.9 Å². The third-order valence-corrected chi connectivity index (χ3v) is 9.62. The van der Waals surface area contributed by atoms with E-state index in [1.807, 2.05) is 0 Å². The molecule has 2 heteroatoms. The maximum Gasteiger partial charge on any atom is 0.127 e. The number of para-hydroxylation sites is 1. The molecule has 3 rings (SSSR count). The molecule has 0 radical (unpaired) electrons. The maximum absolute atomic E-state index is 11.6. The van der Waals surface area contributed by atoms with Gasteiger partial charge in [0.2, 0.25) is 0 Å². The van der Waals surface area contributed by atoms with Gasteiger partial charge in [0.1, 0.15) is 5.75 Å². The van der Waals surface area contributed by atoms with Gasteiger partial charge in [-0.1, -0.05) is 126 Å². The molecule has 0 saturated heterocycles. The van der Waals surface area contributed by atoms with Crippen LogP contribution in [0.1, 0.15) is 86.1 Å². The van der Waals surface area contributed by atoms with Crippen molar-refractivity contribution in [1.29, 1.82) is 0 Å². The summed E-state index contributed by atoms with van der Waals surface area (Å²) >= 11 is 0. The summed E-state index contributed by atoms with van der Waals surface area (Å²) < 4.78 is 0. The van der Waals surface area contributed by atoms with Crippen molar-refractivity contribution in [3.8, 4) is 5.75 Å². The largest absolute Gasteiger partial charge is 0.507 e. The summed E-state index contributed by atoms with van der Waals surface area (Å²) in [6.07, 6.45) is 0. The van der Waals surface area contributed by atoms with E-state index < -0.39 is 7.92 Å². The maximum atomic E-state index is 11.6. The third kappa shape index (κ3) is 5.70. The molecule has 0 amide bonds. The van der Waals surface area contributed by atoms with Crippen molar-refractivity contribution in [2.24, 2.45) is 0 Å². The number of aromatic hydroxyl groups is 1. The average Bonchev–Trinajstić information content (AvgIpc) is 2.63. The van der Waals surface area contributed by atoms with Crippen LogP contribution in [0.5, 0.6) is 5.75 Å². The molecule has 3 aromatic rings. The summed E-state index contributed by atoms with van der Waals surface area (Å²) in [6.45, 7) is 22.3. The second kappa shape index (κ2) is 9.27. The number of phenols is 1. The zero-order valence-electron chi connectivity index (χ0n) is 22.2. The van der Waals surface area contributed by atoms with Gasteiger partial charge >= 0.3 is 0 Å². The predicted molar refractivity (Wildman–Crippen MR) is 147 cm³/mol. The minimum atomic E-state index is -0.797. The smallest absolute Gasteiger partial charge is 0.127 e. The van der Waals surface area contributed by atoms with E-state index in [2.05, 4.69) is 124 Å². The number of hydrogen-bond donors (Lipinski definition) is 1. The molecule has 0 heterocycles. The minimum Gasteiger partial charge on any atom is -0.507 e. The Bertz CT molecular complexity index is 1050. The molecule has 0 aliphatic rings. The van der Waals surface area contributed by atoms with Crippen LogP contribution in [0.3, 0.4) is 0 Å². The summed E-state index contributed by atoms with van der Waals surface area (Å²) in [7, 11) is -0.797. The highest BCUT2D eigenvalue weighted by atomic mass is 31.1. The molecular weight excluding hydrogens is 419 g/mol. The van der Waals surface area contributed by atoms with E-state index in [9.17, 15) is 5.11 Å². The first-order valence-electron chi connectivity index (χ1n) is 12.0. The quantitative estimate of drug-likeness (QED) is 0.386. The highest BCUT2D eigenvalue weighted by Gasteiger charge is 2.38.